The van der Waals surface area contributed by atoms with Crippen LogP contribution in [-0.2, 0) is 20.7 Å². The Labute approximate surface area is 189 Å². The van der Waals surface area contributed by atoms with Crippen LogP contribution in [0.2, 0.25) is 5.02 Å². The predicted molar refractivity (Wildman–Crippen MR) is 121 cm³/mol. The second kappa shape index (κ2) is 11.8. The van der Waals surface area contributed by atoms with Crippen molar-refractivity contribution in [2.75, 3.05) is 26.3 Å². The molecule has 1 aliphatic heterocycles. The van der Waals surface area contributed by atoms with E-state index in [0.29, 0.717) is 24.0 Å². The minimum atomic E-state index is -0.372. The van der Waals surface area contributed by atoms with Gasteiger partial charge in [-0.15, -0.1) is 0 Å². The van der Waals surface area contributed by atoms with Crippen LogP contribution in [0.3, 0.4) is 0 Å². The van der Waals surface area contributed by atoms with Gasteiger partial charge in [-0.25, -0.2) is 0 Å². The van der Waals surface area contributed by atoms with Gasteiger partial charge in [-0.3, -0.25) is 9.59 Å². The maximum atomic E-state index is 12.4. The number of likely N-dealkylation sites (tertiary alicyclic amines) is 1. The second-order valence-electron chi connectivity index (χ2n) is 8.04. The number of hydrogen-bond acceptors (Lipinski definition) is 4. The van der Waals surface area contributed by atoms with Gasteiger partial charge in [0.25, 0.3) is 5.91 Å². The van der Waals surface area contributed by atoms with E-state index >= 15 is 0 Å². The molecule has 0 radical (unpaired) electrons. The lowest BCUT2D eigenvalue weighted by Crippen LogP contribution is -2.41. The summed E-state index contributed by atoms with van der Waals surface area (Å²) in [7, 11) is 0. The number of ether oxygens (including phenoxy) is 2. The van der Waals surface area contributed by atoms with Crippen LogP contribution in [0.5, 0.6) is 5.75 Å². The molecule has 2 aromatic carbocycles. The van der Waals surface area contributed by atoms with Crippen molar-refractivity contribution in [1.29, 1.82) is 0 Å². The van der Waals surface area contributed by atoms with Crippen molar-refractivity contribution < 1.29 is 19.1 Å². The Morgan fingerprint density at radius 2 is 1.84 bits per heavy atom. The Balaban J connectivity index is 1.28. The number of carbonyl (C=O) groups is 2. The van der Waals surface area contributed by atoms with Crippen LogP contribution in [0.15, 0.2) is 48.5 Å². The summed E-state index contributed by atoms with van der Waals surface area (Å²) < 4.78 is 10.8. The van der Waals surface area contributed by atoms with Crippen molar-refractivity contribution in [1.82, 2.24) is 4.90 Å². The standard InChI is InChI=1S/C25H30ClNO4/c1-19-16-22(26)9-10-23(19)30-15-5-8-25(29)31-18-24(28)27-13-11-21(12-14-27)17-20-6-3-2-4-7-20/h2-4,6-7,9-10,16,21H,5,8,11-15,17-18H2,1H3. The smallest absolute Gasteiger partial charge is 0.306 e. The molecule has 0 aliphatic carbocycles. The molecule has 1 amide bonds. The minimum absolute atomic E-state index is 0.112. The summed E-state index contributed by atoms with van der Waals surface area (Å²) in [6.45, 7) is 3.59. The first-order valence-electron chi connectivity index (χ1n) is 10.9. The van der Waals surface area contributed by atoms with Crippen LogP contribution in [0.4, 0.5) is 0 Å². The minimum Gasteiger partial charge on any atom is -0.493 e. The van der Waals surface area contributed by atoms with Gasteiger partial charge in [0, 0.05) is 24.5 Å². The van der Waals surface area contributed by atoms with Gasteiger partial charge in [-0.05, 0) is 67.9 Å². The van der Waals surface area contributed by atoms with Crippen molar-refractivity contribution in [2.24, 2.45) is 5.92 Å². The molecule has 3 rings (SSSR count). The summed E-state index contributed by atoms with van der Waals surface area (Å²) in [4.78, 5) is 26.1. The number of piperidine rings is 1. The van der Waals surface area contributed by atoms with Crippen LogP contribution in [0.25, 0.3) is 0 Å². The summed E-state index contributed by atoms with van der Waals surface area (Å²) in [5.74, 6) is 0.866. The number of amides is 1. The summed E-state index contributed by atoms with van der Waals surface area (Å²) in [5, 5.41) is 0.665. The number of rotatable bonds is 9. The van der Waals surface area contributed by atoms with Gasteiger partial charge in [0.1, 0.15) is 5.75 Å². The highest BCUT2D eigenvalue weighted by Gasteiger charge is 2.23. The van der Waals surface area contributed by atoms with E-state index in [1.165, 1.54) is 5.56 Å². The Kier molecular flexibility index (Phi) is 8.77. The van der Waals surface area contributed by atoms with E-state index in [2.05, 4.69) is 24.3 Å². The van der Waals surface area contributed by atoms with Gasteiger partial charge in [-0.2, -0.15) is 0 Å². The molecule has 0 saturated carbocycles. The van der Waals surface area contributed by atoms with Crippen LogP contribution in [0, 0.1) is 12.8 Å². The zero-order valence-electron chi connectivity index (χ0n) is 18.0. The van der Waals surface area contributed by atoms with Gasteiger partial charge in [0.2, 0.25) is 0 Å². The zero-order chi connectivity index (χ0) is 22.1. The highest BCUT2D eigenvalue weighted by atomic mass is 35.5. The Bertz CT molecular complexity index is 863. The van der Waals surface area contributed by atoms with E-state index in [0.717, 1.165) is 43.7 Å². The Morgan fingerprint density at radius 3 is 2.55 bits per heavy atom. The van der Waals surface area contributed by atoms with Gasteiger partial charge in [0.15, 0.2) is 6.61 Å². The number of esters is 1. The molecule has 1 aliphatic rings. The lowest BCUT2D eigenvalue weighted by atomic mass is 9.90. The molecule has 2 aromatic rings. The third-order valence-electron chi connectivity index (χ3n) is 5.61. The number of aryl methyl sites for hydroxylation is 1. The third-order valence-corrected chi connectivity index (χ3v) is 5.85. The van der Waals surface area contributed by atoms with Crippen LogP contribution >= 0.6 is 11.6 Å². The van der Waals surface area contributed by atoms with Crippen LogP contribution < -0.4 is 4.74 Å². The Morgan fingerprint density at radius 1 is 1.10 bits per heavy atom. The fourth-order valence-electron chi connectivity index (χ4n) is 3.81. The average molecular weight is 444 g/mol. The van der Waals surface area contributed by atoms with Gasteiger partial charge in [-0.1, -0.05) is 41.9 Å². The van der Waals surface area contributed by atoms with Crippen molar-refractivity contribution >= 4 is 23.5 Å². The molecule has 0 atom stereocenters. The molecule has 1 saturated heterocycles. The molecule has 5 nitrogen and oxygen atoms in total. The van der Waals surface area contributed by atoms with E-state index in [9.17, 15) is 9.59 Å². The average Bonchev–Trinajstić information content (AvgIpc) is 2.77. The molecular formula is C25H30ClNO4. The number of hydrogen-bond donors (Lipinski definition) is 0. The quantitative estimate of drug-likeness (QED) is 0.411. The van der Waals surface area contributed by atoms with Crippen molar-refractivity contribution in [2.45, 2.75) is 39.0 Å². The van der Waals surface area contributed by atoms with Gasteiger partial charge >= 0.3 is 5.97 Å². The number of halogens is 1. The third kappa shape index (κ3) is 7.59. The molecule has 166 valence electrons. The normalized spacial score (nSPS) is 14.3. The summed E-state index contributed by atoms with van der Waals surface area (Å²) in [6, 6.07) is 15.9. The number of nitrogens with zero attached hydrogens (tertiary/aromatic N) is 1. The maximum Gasteiger partial charge on any atom is 0.306 e. The molecule has 0 unspecified atom stereocenters. The summed E-state index contributed by atoms with van der Waals surface area (Å²) in [5.41, 5.74) is 2.30. The van der Waals surface area contributed by atoms with E-state index in [1.807, 2.05) is 25.1 Å². The molecule has 31 heavy (non-hydrogen) atoms. The van der Waals surface area contributed by atoms with E-state index in [4.69, 9.17) is 21.1 Å². The monoisotopic (exact) mass is 443 g/mol. The van der Waals surface area contributed by atoms with E-state index < -0.39 is 0 Å². The molecule has 6 heteroatoms. The fraction of sp³-hybridized carbons (Fsp3) is 0.440. The van der Waals surface area contributed by atoms with Gasteiger partial charge < -0.3 is 14.4 Å². The topological polar surface area (TPSA) is 55.8 Å². The molecular weight excluding hydrogens is 414 g/mol. The van der Waals surface area contributed by atoms with Crippen LogP contribution in [0.1, 0.15) is 36.8 Å². The number of benzene rings is 2. The molecule has 0 bridgehead atoms. The maximum absolute atomic E-state index is 12.4. The second-order valence-corrected chi connectivity index (χ2v) is 8.47. The SMILES string of the molecule is Cc1cc(Cl)ccc1OCCCC(=O)OCC(=O)N1CCC(Cc2ccccc2)CC1. The molecule has 0 aromatic heterocycles. The Hall–Kier alpha value is -2.53. The van der Waals surface area contributed by atoms with E-state index in [1.54, 1.807) is 11.0 Å². The van der Waals surface area contributed by atoms with Crippen LogP contribution in [-0.4, -0.2) is 43.1 Å². The highest BCUT2D eigenvalue weighted by molar-refractivity contribution is 6.30. The molecule has 0 N–H and O–H groups in total. The van der Waals surface area contributed by atoms with Crippen molar-refractivity contribution in [3.05, 3.63) is 64.7 Å². The zero-order valence-corrected chi connectivity index (χ0v) is 18.8. The fourth-order valence-corrected chi connectivity index (χ4v) is 4.04. The van der Waals surface area contributed by atoms with Crippen molar-refractivity contribution in [3.63, 3.8) is 0 Å². The molecule has 0 spiro atoms. The first-order chi connectivity index (χ1) is 15.0. The highest BCUT2D eigenvalue weighted by Crippen LogP contribution is 2.23. The van der Waals surface area contributed by atoms with Gasteiger partial charge in [0.05, 0.1) is 6.61 Å². The predicted octanol–water partition coefficient (Wildman–Crippen LogP) is 4.83. The summed E-state index contributed by atoms with van der Waals surface area (Å²) in [6.07, 6.45) is 3.76. The first kappa shape index (κ1) is 23.1. The lowest BCUT2D eigenvalue weighted by molar-refractivity contribution is -0.152. The number of carbonyl (C=O) groups excluding carboxylic acids is 2. The first-order valence-corrected chi connectivity index (χ1v) is 11.3. The lowest BCUT2D eigenvalue weighted by Gasteiger charge is -2.32. The van der Waals surface area contributed by atoms with E-state index in [-0.39, 0.29) is 24.9 Å². The molecule has 1 fully saturated rings. The summed E-state index contributed by atoms with van der Waals surface area (Å²) >= 11 is 5.93. The largest absolute Gasteiger partial charge is 0.493 e. The van der Waals surface area contributed by atoms with Crippen molar-refractivity contribution in [3.8, 4) is 5.75 Å². The molecule has 1 heterocycles.